The average Bonchev–Trinajstić information content (AvgIpc) is 2.94. The fourth-order valence-corrected chi connectivity index (χ4v) is 3.62. The van der Waals surface area contributed by atoms with E-state index in [4.69, 9.17) is 16.3 Å². The van der Waals surface area contributed by atoms with Crippen molar-refractivity contribution in [3.63, 3.8) is 0 Å². The van der Waals surface area contributed by atoms with Crippen molar-refractivity contribution in [2.24, 2.45) is 0 Å². The van der Waals surface area contributed by atoms with Crippen molar-refractivity contribution < 1.29 is 13.9 Å². The van der Waals surface area contributed by atoms with Crippen molar-refractivity contribution in [2.75, 3.05) is 18.1 Å². The quantitative estimate of drug-likeness (QED) is 0.804. The minimum absolute atomic E-state index is 0.0546. The lowest BCUT2D eigenvalue weighted by atomic mass is 10.0. The zero-order chi connectivity index (χ0) is 17.4. The number of hydrogen-bond acceptors (Lipinski definition) is 3. The lowest BCUT2D eigenvalue weighted by Crippen LogP contribution is -2.40. The molecule has 0 aliphatic carbocycles. The predicted octanol–water partition coefficient (Wildman–Crippen LogP) is 4.21. The molecule has 0 aromatic heterocycles. The van der Waals surface area contributed by atoms with Gasteiger partial charge in [-0.15, -0.1) is 0 Å². The van der Waals surface area contributed by atoms with Crippen molar-refractivity contribution >= 4 is 23.4 Å². The van der Waals surface area contributed by atoms with E-state index in [0.717, 1.165) is 30.1 Å². The molecule has 0 spiro atoms. The largest absolute Gasteiger partial charge is 0.447 e. The molecule has 2 heterocycles. The number of carbonyl (C=O) groups is 1. The first-order valence-electron chi connectivity index (χ1n) is 8.31. The molecule has 130 valence electrons. The molecule has 0 bridgehead atoms. The third kappa shape index (κ3) is 3.34. The monoisotopic (exact) mass is 360 g/mol. The lowest BCUT2D eigenvalue weighted by Gasteiger charge is -2.32. The van der Waals surface area contributed by atoms with Crippen LogP contribution in [0.4, 0.5) is 14.9 Å². The molecule has 1 fully saturated rings. The van der Waals surface area contributed by atoms with E-state index in [1.807, 2.05) is 24.3 Å². The number of nitrogens with zero attached hydrogens (tertiary/aromatic N) is 2. The minimum Gasteiger partial charge on any atom is -0.447 e. The topological polar surface area (TPSA) is 32.8 Å². The average molecular weight is 361 g/mol. The van der Waals surface area contributed by atoms with Gasteiger partial charge in [-0.3, -0.25) is 9.80 Å². The number of ether oxygens (including phenoxy) is 1. The van der Waals surface area contributed by atoms with Crippen LogP contribution in [0.2, 0.25) is 5.02 Å². The number of benzene rings is 2. The molecule has 4 rings (SSSR count). The first-order chi connectivity index (χ1) is 12.1. The van der Waals surface area contributed by atoms with E-state index in [2.05, 4.69) is 4.90 Å². The van der Waals surface area contributed by atoms with Gasteiger partial charge in [-0.25, -0.2) is 9.18 Å². The Labute approximate surface area is 150 Å². The van der Waals surface area contributed by atoms with Crippen molar-refractivity contribution in [3.05, 3.63) is 64.4 Å². The van der Waals surface area contributed by atoms with Gasteiger partial charge < -0.3 is 4.74 Å². The van der Waals surface area contributed by atoms with Crippen LogP contribution in [0.3, 0.4) is 0 Å². The van der Waals surface area contributed by atoms with Crippen LogP contribution in [-0.4, -0.2) is 30.2 Å². The molecule has 0 radical (unpaired) electrons. The highest BCUT2D eigenvalue weighted by Crippen LogP contribution is 2.32. The number of anilines is 1. The first-order valence-corrected chi connectivity index (χ1v) is 8.69. The highest BCUT2D eigenvalue weighted by atomic mass is 35.5. The zero-order valence-corrected chi connectivity index (χ0v) is 14.4. The maximum Gasteiger partial charge on any atom is 0.414 e. The summed E-state index contributed by atoms with van der Waals surface area (Å²) < 4.78 is 19.0. The molecule has 1 amide bonds. The molecule has 2 aliphatic rings. The minimum atomic E-state index is -0.386. The molecule has 2 aromatic rings. The first kappa shape index (κ1) is 16.4. The summed E-state index contributed by atoms with van der Waals surface area (Å²) in [5.74, 6) is -0.345. The summed E-state index contributed by atoms with van der Waals surface area (Å²) >= 11 is 5.96. The summed E-state index contributed by atoms with van der Waals surface area (Å²) in [5.41, 5.74) is 2.72. The van der Waals surface area contributed by atoms with E-state index < -0.39 is 0 Å². The molecule has 0 N–H and O–H groups in total. The van der Waals surface area contributed by atoms with E-state index in [-0.39, 0.29) is 18.0 Å². The van der Waals surface area contributed by atoms with Crippen molar-refractivity contribution in [1.82, 2.24) is 4.90 Å². The van der Waals surface area contributed by atoms with E-state index in [1.54, 1.807) is 11.0 Å². The SMILES string of the molecule is O=C1OC[C@@H]2CCN(Cc3ccc(Cl)cc3)Cc3ccc(F)cc3N12. The van der Waals surface area contributed by atoms with Crippen LogP contribution in [0.15, 0.2) is 42.5 Å². The van der Waals surface area contributed by atoms with Crippen LogP contribution >= 0.6 is 11.6 Å². The Bertz CT molecular complexity index is 797. The Balaban J connectivity index is 1.64. The molecule has 4 nitrogen and oxygen atoms in total. The van der Waals surface area contributed by atoms with Crippen LogP contribution in [-0.2, 0) is 17.8 Å². The fourth-order valence-electron chi connectivity index (χ4n) is 3.50. The zero-order valence-electron chi connectivity index (χ0n) is 13.6. The smallest absolute Gasteiger partial charge is 0.414 e. The highest BCUT2D eigenvalue weighted by Gasteiger charge is 2.37. The number of halogens is 2. The molecular weight excluding hydrogens is 343 g/mol. The van der Waals surface area contributed by atoms with Crippen LogP contribution < -0.4 is 4.90 Å². The number of fused-ring (bicyclic) bond motifs is 3. The molecule has 2 aromatic carbocycles. The second-order valence-electron chi connectivity index (χ2n) is 6.50. The van der Waals surface area contributed by atoms with Crippen LogP contribution in [0, 0.1) is 5.82 Å². The number of hydrogen-bond donors (Lipinski definition) is 0. The van der Waals surface area contributed by atoms with E-state index >= 15 is 0 Å². The Kier molecular flexibility index (Phi) is 4.36. The summed E-state index contributed by atoms with van der Waals surface area (Å²) in [6, 6.07) is 12.4. The lowest BCUT2D eigenvalue weighted by molar-refractivity contribution is 0.177. The number of amides is 1. The third-order valence-electron chi connectivity index (χ3n) is 4.76. The normalized spacial score (nSPS) is 20.5. The second kappa shape index (κ2) is 6.65. The number of cyclic esters (lactones) is 1. The molecule has 25 heavy (non-hydrogen) atoms. The van der Waals surface area contributed by atoms with E-state index in [1.165, 1.54) is 17.7 Å². The van der Waals surface area contributed by atoms with Crippen LogP contribution in [0.1, 0.15) is 17.5 Å². The molecule has 1 saturated heterocycles. The maximum absolute atomic E-state index is 13.8. The molecule has 1 atom stereocenters. The Morgan fingerprint density at radius 3 is 2.80 bits per heavy atom. The Morgan fingerprint density at radius 2 is 2.00 bits per heavy atom. The Morgan fingerprint density at radius 1 is 1.20 bits per heavy atom. The van der Waals surface area contributed by atoms with Gasteiger partial charge in [-0.05, 0) is 41.8 Å². The van der Waals surface area contributed by atoms with Gasteiger partial charge in [0.15, 0.2) is 0 Å². The van der Waals surface area contributed by atoms with Crippen molar-refractivity contribution in [2.45, 2.75) is 25.6 Å². The number of carbonyl (C=O) groups excluding carboxylic acids is 1. The van der Waals surface area contributed by atoms with Gasteiger partial charge in [0.1, 0.15) is 12.4 Å². The Hall–Kier alpha value is -2.11. The van der Waals surface area contributed by atoms with Gasteiger partial charge in [-0.2, -0.15) is 0 Å². The highest BCUT2D eigenvalue weighted by molar-refractivity contribution is 6.30. The van der Waals surface area contributed by atoms with Gasteiger partial charge in [0, 0.05) is 24.7 Å². The summed E-state index contributed by atoms with van der Waals surface area (Å²) in [7, 11) is 0. The van der Waals surface area contributed by atoms with Gasteiger partial charge in [0.25, 0.3) is 0 Å². The summed E-state index contributed by atoms with van der Waals surface area (Å²) in [5, 5.41) is 0.717. The second-order valence-corrected chi connectivity index (χ2v) is 6.94. The molecule has 6 heteroatoms. The van der Waals surface area contributed by atoms with Crippen molar-refractivity contribution in [3.8, 4) is 0 Å². The summed E-state index contributed by atoms with van der Waals surface area (Å²) in [6.45, 7) is 2.60. The van der Waals surface area contributed by atoms with Crippen molar-refractivity contribution in [1.29, 1.82) is 0 Å². The number of rotatable bonds is 2. The van der Waals surface area contributed by atoms with Gasteiger partial charge in [-0.1, -0.05) is 29.8 Å². The summed E-state index contributed by atoms with van der Waals surface area (Å²) in [4.78, 5) is 16.0. The van der Waals surface area contributed by atoms with Gasteiger partial charge in [0.05, 0.1) is 11.7 Å². The predicted molar refractivity (Wildman–Crippen MR) is 94.2 cm³/mol. The molecule has 2 aliphatic heterocycles. The van der Waals surface area contributed by atoms with Gasteiger partial charge >= 0.3 is 6.09 Å². The van der Waals surface area contributed by atoms with Crippen LogP contribution in [0.5, 0.6) is 0 Å². The maximum atomic E-state index is 13.8. The third-order valence-corrected chi connectivity index (χ3v) is 5.01. The standard InChI is InChI=1S/C19H18ClFN2O2/c20-15-4-1-13(2-5-15)10-22-8-7-17-12-25-19(24)23(17)18-9-16(21)6-3-14(18)11-22/h1-6,9,17H,7-8,10-12H2/t17-/m0/s1. The van der Waals surface area contributed by atoms with E-state index in [9.17, 15) is 9.18 Å². The van der Waals surface area contributed by atoms with Crippen LogP contribution in [0.25, 0.3) is 0 Å². The summed E-state index contributed by atoms with van der Waals surface area (Å²) in [6.07, 6.45) is 0.401. The fraction of sp³-hybridized carbons (Fsp3) is 0.316. The van der Waals surface area contributed by atoms with E-state index in [0.29, 0.717) is 18.8 Å². The molecule has 0 saturated carbocycles. The van der Waals surface area contributed by atoms with Gasteiger partial charge in [0.2, 0.25) is 0 Å². The molecule has 0 unspecified atom stereocenters. The molecular formula is C19H18ClFN2O2.